The van der Waals surface area contributed by atoms with Gasteiger partial charge in [0.25, 0.3) is 0 Å². The average Bonchev–Trinajstić information content (AvgIpc) is 2.31. The first-order valence-electron chi connectivity index (χ1n) is 6.22. The maximum atomic E-state index is 5.65. The largest absolute Gasteiger partial charge is 0.368 e. The van der Waals surface area contributed by atoms with Gasteiger partial charge in [-0.25, -0.2) is 4.98 Å². The van der Waals surface area contributed by atoms with Gasteiger partial charge in [0.2, 0.25) is 5.95 Å². The fraction of sp³-hybridized carbons (Fsp3) is 0.667. The van der Waals surface area contributed by atoms with E-state index in [-0.39, 0.29) is 0 Å². The zero-order valence-corrected chi connectivity index (χ0v) is 11.6. The molecule has 6 nitrogen and oxygen atoms in total. The van der Waals surface area contributed by atoms with E-state index in [0.717, 1.165) is 37.3 Å². The van der Waals surface area contributed by atoms with E-state index in [2.05, 4.69) is 33.9 Å². The normalized spacial score (nSPS) is 10.9. The van der Waals surface area contributed by atoms with Gasteiger partial charge in [-0.3, -0.25) is 0 Å². The predicted octanol–water partition coefficient (Wildman–Crippen LogP) is -0.0521. The summed E-state index contributed by atoms with van der Waals surface area (Å²) in [6.45, 7) is 2.58. The maximum Gasteiger partial charge on any atom is 0.221 e. The van der Waals surface area contributed by atoms with Crippen molar-refractivity contribution in [3.63, 3.8) is 0 Å². The van der Waals surface area contributed by atoms with Crippen molar-refractivity contribution in [3.8, 4) is 0 Å². The number of rotatable bonds is 7. The first-order chi connectivity index (χ1) is 8.54. The Balaban J connectivity index is 2.70. The van der Waals surface area contributed by atoms with Crippen LogP contribution in [0.5, 0.6) is 0 Å². The van der Waals surface area contributed by atoms with Gasteiger partial charge in [0.1, 0.15) is 5.82 Å². The van der Waals surface area contributed by atoms with Crippen LogP contribution in [-0.2, 0) is 6.42 Å². The zero-order valence-electron chi connectivity index (χ0n) is 11.6. The number of hydrogen-bond donors (Lipinski definition) is 2. The second-order valence-electron chi connectivity index (χ2n) is 4.69. The zero-order chi connectivity index (χ0) is 13.5. The molecule has 1 rings (SSSR count). The molecule has 0 amide bonds. The summed E-state index contributed by atoms with van der Waals surface area (Å²) in [4.78, 5) is 12.6. The van der Waals surface area contributed by atoms with Crippen molar-refractivity contribution in [3.05, 3.63) is 11.8 Å². The lowest BCUT2D eigenvalue weighted by Crippen LogP contribution is -2.26. The highest BCUT2D eigenvalue weighted by Gasteiger charge is 2.10. The molecule has 1 heterocycles. The van der Waals surface area contributed by atoms with Crippen molar-refractivity contribution in [1.82, 2.24) is 14.9 Å². The van der Waals surface area contributed by atoms with E-state index in [1.165, 1.54) is 0 Å². The fourth-order valence-corrected chi connectivity index (χ4v) is 1.80. The smallest absolute Gasteiger partial charge is 0.221 e. The summed E-state index contributed by atoms with van der Waals surface area (Å²) in [5.41, 5.74) is 12.3. The molecule has 0 aliphatic heterocycles. The Morgan fingerprint density at radius 2 is 1.94 bits per heavy atom. The highest BCUT2D eigenvalue weighted by molar-refractivity contribution is 5.48. The van der Waals surface area contributed by atoms with Crippen LogP contribution in [0.4, 0.5) is 11.8 Å². The quantitative estimate of drug-likeness (QED) is 0.708. The van der Waals surface area contributed by atoms with Crippen LogP contribution in [0.2, 0.25) is 0 Å². The summed E-state index contributed by atoms with van der Waals surface area (Å²) in [5.74, 6) is 1.21. The summed E-state index contributed by atoms with van der Waals surface area (Å²) in [6.07, 6.45) is 3.62. The second-order valence-corrected chi connectivity index (χ2v) is 4.69. The third-order valence-electron chi connectivity index (χ3n) is 2.73. The highest BCUT2D eigenvalue weighted by atomic mass is 15.2. The van der Waals surface area contributed by atoms with Gasteiger partial charge in [0.15, 0.2) is 0 Å². The van der Waals surface area contributed by atoms with Gasteiger partial charge in [-0.05, 0) is 40.0 Å². The molecule has 18 heavy (non-hydrogen) atoms. The summed E-state index contributed by atoms with van der Waals surface area (Å²) in [6, 6.07) is 0. The molecule has 0 fully saturated rings. The Bertz CT molecular complexity index is 366. The minimum absolute atomic E-state index is 0.310. The van der Waals surface area contributed by atoms with Gasteiger partial charge in [0.05, 0.1) is 0 Å². The Labute approximate surface area is 109 Å². The molecule has 1 aromatic heterocycles. The highest BCUT2D eigenvalue weighted by Crippen LogP contribution is 2.17. The molecule has 0 bridgehead atoms. The first-order valence-corrected chi connectivity index (χ1v) is 6.22. The Morgan fingerprint density at radius 1 is 1.22 bits per heavy atom. The molecule has 0 aliphatic carbocycles. The van der Waals surface area contributed by atoms with Crippen LogP contribution in [0.25, 0.3) is 0 Å². The number of aromatic nitrogens is 2. The van der Waals surface area contributed by atoms with E-state index in [0.29, 0.717) is 12.5 Å². The summed E-state index contributed by atoms with van der Waals surface area (Å²) < 4.78 is 0. The minimum atomic E-state index is 0.310. The van der Waals surface area contributed by atoms with Crippen molar-refractivity contribution >= 4 is 11.8 Å². The SMILES string of the molecule is CN(C)CCCN(C)c1nc(N)ncc1CCN. The van der Waals surface area contributed by atoms with Crippen molar-refractivity contribution < 1.29 is 0 Å². The van der Waals surface area contributed by atoms with Gasteiger partial charge >= 0.3 is 0 Å². The monoisotopic (exact) mass is 252 g/mol. The molecule has 4 N–H and O–H groups in total. The minimum Gasteiger partial charge on any atom is -0.368 e. The van der Waals surface area contributed by atoms with Crippen LogP contribution < -0.4 is 16.4 Å². The van der Waals surface area contributed by atoms with Gasteiger partial charge < -0.3 is 21.3 Å². The van der Waals surface area contributed by atoms with E-state index >= 15 is 0 Å². The van der Waals surface area contributed by atoms with Crippen LogP contribution in [0, 0.1) is 0 Å². The second kappa shape index (κ2) is 7.13. The Hall–Kier alpha value is -1.40. The standard InChI is InChI=1S/C12H24N6/c1-17(2)7-4-8-18(3)11-10(5-6-13)9-15-12(14)16-11/h9H,4-8,13H2,1-3H3,(H2,14,15,16). The first kappa shape index (κ1) is 14.7. The molecule has 6 heteroatoms. The third kappa shape index (κ3) is 4.46. The van der Waals surface area contributed by atoms with E-state index in [9.17, 15) is 0 Å². The number of nitrogens with two attached hydrogens (primary N) is 2. The fourth-order valence-electron chi connectivity index (χ4n) is 1.80. The molecule has 0 radical (unpaired) electrons. The van der Waals surface area contributed by atoms with Crippen LogP contribution in [-0.4, -0.2) is 55.6 Å². The van der Waals surface area contributed by atoms with Gasteiger partial charge in [-0.15, -0.1) is 0 Å². The predicted molar refractivity (Wildman–Crippen MR) is 75.6 cm³/mol. The van der Waals surface area contributed by atoms with E-state index in [1.807, 2.05) is 7.05 Å². The average molecular weight is 252 g/mol. The third-order valence-corrected chi connectivity index (χ3v) is 2.73. The summed E-state index contributed by atoms with van der Waals surface area (Å²) >= 11 is 0. The van der Waals surface area contributed by atoms with Gasteiger partial charge in [-0.1, -0.05) is 0 Å². The number of nitrogens with zero attached hydrogens (tertiary/aromatic N) is 4. The van der Waals surface area contributed by atoms with Crippen molar-refractivity contribution in [2.75, 3.05) is 51.4 Å². The van der Waals surface area contributed by atoms with E-state index in [1.54, 1.807) is 6.20 Å². The topological polar surface area (TPSA) is 84.3 Å². The van der Waals surface area contributed by atoms with Crippen molar-refractivity contribution in [1.29, 1.82) is 0 Å². The molecule has 0 saturated heterocycles. The summed E-state index contributed by atoms with van der Waals surface area (Å²) in [7, 11) is 6.17. The Morgan fingerprint density at radius 3 is 2.56 bits per heavy atom. The van der Waals surface area contributed by atoms with Crippen molar-refractivity contribution in [2.24, 2.45) is 5.73 Å². The lowest BCUT2D eigenvalue weighted by Gasteiger charge is -2.22. The van der Waals surface area contributed by atoms with Gasteiger partial charge in [-0.2, -0.15) is 4.98 Å². The lowest BCUT2D eigenvalue weighted by molar-refractivity contribution is 0.401. The molecule has 102 valence electrons. The van der Waals surface area contributed by atoms with E-state index in [4.69, 9.17) is 11.5 Å². The van der Waals surface area contributed by atoms with Crippen LogP contribution in [0.1, 0.15) is 12.0 Å². The van der Waals surface area contributed by atoms with Crippen LogP contribution in [0.3, 0.4) is 0 Å². The van der Waals surface area contributed by atoms with E-state index < -0.39 is 0 Å². The van der Waals surface area contributed by atoms with Crippen molar-refractivity contribution in [2.45, 2.75) is 12.8 Å². The molecule has 0 spiro atoms. The number of hydrogen-bond acceptors (Lipinski definition) is 6. The molecule has 0 aliphatic rings. The lowest BCUT2D eigenvalue weighted by atomic mass is 10.2. The van der Waals surface area contributed by atoms with Crippen LogP contribution >= 0.6 is 0 Å². The van der Waals surface area contributed by atoms with Crippen LogP contribution in [0.15, 0.2) is 6.20 Å². The molecule has 0 unspecified atom stereocenters. The Kier molecular flexibility index (Phi) is 5.80. The molecule has 1 aromatic rings. The maximum absolute atomic E-state index is 5.65. The summed E-state index contributed by atoms with van der Waals surface area (Å²) in [5, 5.41) is 0. The van der Waals surface area contributed by atoms with Gasteiger partial charge in [0, 0.05) is 25.4 Å². The molecule has 0 saturated carbocycles. The number of anilines is 2. The molecular weight excluding hydrogens is 228 g/mol. The molecule has 0 atom stereocenters. The molecular formula is C12H24N6. The number of nitrogen functional groups attached to an aromatic ring is 1. The molecule has 0 aromatic carbocycles.